The lowest BCUT2D eigenvalue weighted by Crippen LogP contribution is -2.09. The monoisotopic (exact) mass is 316 g/mol. The second-order valence-corrected chi connectivity index (χ2v) is 6.81. The smallest absolute Gasteiger partial charge is 0.184 e. The lowest BCUT2D eigenvalue weighted by atomic mass is 10.3. The fourth-order valence-corrected chi connectivity index (χ4v) is 1.34. The number of hydrogen-bond acceptors (Lipinski definition) is 2. The maximum absolute atomic E-state index is 13.2. The fraction of sp³-hybridized carbons (Fsp3) is 0.333. The van der Waals surface area contributed by atoms with E-state index < -0.39 is 9.05 Å². The molecule has 6 heteroatoms. The number of aromatic nitrogens is 2. The van der Waals surface area contributed by atoms with Crippen LogP contribution in [0, 0.1) is 5.82 Å². The second kappa shape index (κ2) is 3.55. The van der Waals surface area contributed by atoms with Crippen LogP contribution in [0.4, 0.5) is 4.39 Å². The van der Waals surface area contributed by atoms with Crippen molar-refractivity contribution in [2.45, 2.75) is 10.2 Å². The topological polar surface area (TPSA) is 25.8 Å². The molecule has 0 radical (unpaired) electrons. The molecule has 0 saturated carbocycles. The molecule has 0 bridgehead atoms. The SMILES string of the molecule is CC(Br)(Br)c1ncnc(Cl)c1F. The minimum absolute atomic E-state index is 0.176. The van der Waals surface area contributed by atoms with Gasteiger partial charge < -0.3 is 0 Å². The standard InChI is InChI=1S/C6H4Br2ClFN2/c1-6(7,8)4-3(10)5(9)12-2-11-4/h2H,1H3. The van der Waals surface area contributed by atoms with Crippen molar-refractivity contribution in [1.82, 2.24) is 9.97 Å². The molecule has 0 fully saturated rings. The highest BCUT2D eigenvalue weighted by molar-refractivity contribution is 9.24. The van der Waals surface area contributed by atoms with E-state index in [2.05, 4.69) is 41.8 Å². The number of hydrogen-bond donors (Lipinski definition) is 0. The van der Waals surface area contributed by atoms with Crippen LogP contribution in [-0.2, 0) is 3.23 Å². The van der Waals surface area contributed by atoms with Crippen LogP contribution in [0.15, 0.2) is 6.33 Å². The fourth-order valence-electron chi connectivity index (χ4n) is 0.654. The average Bonchev–Trinajstić information content (AvgIpc) is 1.92. The average molecular weight is 318 g/mol. The molecule has 1 rings (SSSR count). The van der Waals surface area contributed by atoms with Gasteiger partial charge in [0.1, 0.15) is 15.3 Å². The highest BCUT2D eigenvalue weighted by atomic mass is 79.9. The predicted molar refractivity (Wildman–Crippen MR) is 52.2 cm³/mol. The van der Waals surface area contributed by atoms with Gasteiger partial charge in [0.25, 0.3) is 0 Å². The Bertz CT molecular complexity index is 300. The van der Waals surface area contributed by atoms with Crippen LogP contribution < -0.4 is 0 Å². The van der Waals surface area contributed by atoms with Gasteiger partial charge in [-0.05, 0) is 6.92 Å². The Balaban J connectivity index is 3.26. The molecule has 66 valence electrons. The molecular formula is C6H4Br2ClFN2. The van der Waals surface area contributed by atoms with Gasteiger partial charge in [-0.3, -0.25) is 0 Å². The van der Waals surface area contributed by atoms with E-state index in [-0.39, 0.29) is 10.8 Å². The van der Waals surface area contributed by atoms with Crippen LogP contribution >= 0.6 is 43.5 Å². The molecular weight excluding hydrogens is 314 g/mol. The summed E-state index contributed by atoms with van der Waals surface area (Å²) in [5.41, 5.74) is 0.183. The summed E-state index contributed by atoms with van der Waals surface area (Å²) < 4.78 is 12.5. The van der Waals surface area contributed by atoms with Crippen LogP contribution in [0.2, 0.25) is 5.15 Å². The van der Waals surface area contributed by atoms with Crippen molar-refractivity contribution in [3.8, 4) is 0 Å². The lowest BCUT2D eigenvalue weighted by Gasteiger charge is -2.13. The van der Waals surface area contributed by atoms with Gasteiger partial charge in [-0.25, -0.2) is 14.4 Å². The van der Waals surface area contributed by atoms with E-state index in [0.717, 1.165) is 0 Å². The Hall–Kier alpha value is 0.260. The van der Waals surface area contributed by atoms with E-state index in [1.807, 2.05) is 0 Å². The van der Waals surface area contributed by atoms with Crippen molar-refractivity contribution in [2.75, 3.05) is 0 Å². The van der Waals surface area contributed by atoms with Gasteiger partial charge in [-0.1, -0.05) is 43.5 Å². The largest absolute Gasteiger partial charge is 0.236 e. The Morgan fingerprint density at radius 1 is 1.50 bits per heavy atom. The summed E-state index contributed by atoms with van der Waals surface area (Å²) in [6, 6.07) is 0. The molecule has 0 amide bonds. The minimum atomic E-state index is -0.712. The van der Waals surface area contributed by atoms with Gasteiger partial charge >= 0.3 is 0 Å². The molecule has 0 aliphatic heterocycles. The molecule has 2 nitrogen and oxygen atoms in total. The first-order valence-corrected chi connectivity index (χ1v) is 4.93. The van der Waals surface area contributed by atoms with Crippen molar-refractivity contribution in [1.29, 1.82) is 0 Å². The Morgan fingerprint density at radius 3 is 2.50 bits per heavy atom. The maximum Gasteiger partial charge on any atom is 0.184 e. The zero-order chi connectivity index (χ0) is 9.35. The lowest BCUT2D eigenvalue weighted by molar-refractivity contribution is 0.589. The van der Waals surface area contributed by atoms with Gasteiger partial charge in [0.2, 0.25) is 0 Å². The number of nitrogens with zero attached hydrogens (tertiary/aromatic N) is 2. The van der Waals surface area contributed by atoms with Crippen molar-refractivity contribution >= 4 is 43.5 Å². The molecule has 0 spiro atoms. The first-order chi connectivity index (χ1) is 5.43. The number of halogens is 4. The van der Waals surface area contributed by atoms with Crippen molar-refractivity contribution in [3.63, 3.8) is 0 Å². The minimum Gasteiger partial charge on any atom is -0.236 e. The first-order valence-electron chi connectivity index (χ1n) is 2.97. The molecule has 1 heterocycles. The van der Waals surface area contributed by atoms with Crippen LogP contribution in [0.25, 0.3) is 0 Å². The van der Waals surface area contributed by atoms with Crippen LogP contribution in [0.1, 0.15) is 12.6 Å². The normalized spacial score (nSPS) is 11.8. The van der Waals surface area contributed by atoms with Crippen LogP contribution in [-0.4, -0.2) is 9.97 Å². The van der Waals surface area contributed by atoms with E-state index in [1.165, 1.54) is 6.33 Å². The summed E-state index contributed by atoms with van der Waals surface area (Å²) in [6.07, 6.45) is 1.21. The molecule has 0 atom stereocenters. The van der Waals surface area contributed by atoms with E-state index in [1.54, 1.807) is 6.92 Å². The molecule has 1 aromatic rings. The third-order valence-electron chi connectivity index (χ3n) is 1.16. The van der Waals surface area contributed by atoms with Gasteiger partial charge in [0.15, 0.2) is 11.0 Å². The molecule has 0 unspecified atom stereocenters. The summed E-state index contributed by atoms with van der Waals surface area (Å²) in [6.45, 7) is 1.70. The first kappa shape index (κ1) is 10.3. The van der Waals surface area contributed by atoms with E-state index in [0.29, 0.717) is 0 Å². The molecule has 12 heavy (non-hydrogen) atoms. The van der Waals surface area contributed by atoms with E-state index in [4.69, 9.17) is 11.6 Å². The summed E-state index contributed by atoms with van der Waals surface area (Å²) >= 11 is 11.9. The molecule has 0 aliphatic carbocycles. The van der Waals surface area contributed by atoms with Crippen molar-refractivity contribution in [2.24, 2.45) is 0 Å². The van der Waals surface area contributed by atoms with Gasteiger partial charge in [0.05, 0.1) is 0 Å². The third kappa shape index (κ3) is 2.14. The van der Waals surface area contributed by atoms with Gasteiger partial charge in [-0.15, -0.1) is 0 Å². The molecule has 0 aromatic carbocycles. The van der Waals surface area contributed by atoms with Crippen molar-refractivity contribution in [3.05, 3.63) is 23.0 Å². The van der Waals surface area contributed by atoms with Gasteiger partial charge in [-0.2, -0.15) is 0 Å². The summed E-state index contributed by atoms with van der Waals surface area (Å²) in [4.78, 5) is 7.24. The summed E-state index contributed by atoms with van der Waals surface area (Å²) in [5, 5.41) is -0.176. The van der Waals surface area contributed by atoms with Crippen molar-refractivity contribution < 1.29 is 4.39 Å². The Morgan fingerprint density at radius 2 is 2.08 bits per heavy atom. The summed E-state index contributed by atoms with van der Waals surface area (Å²) in [7, 11) is 0. The molecule has 0 N–H and O–H groups in total. The van der Waals surface area contributed by atoms with Crippen LogP contribution in [0.5, 0.6) is 0 Å². The third-order valence-corrected chi connectivity index (χ3v) is 2.18. The Kier molecular flexibility index (Phi) is 3.06. The molecule has 0 saturated heterocycles. The zero-order valence-electron chi connectivity index (χ0n) is 5.98. The number of alkyl halides is 2. The van der Waals surface area contributed by atoms with Crippen LogP contribution in [0.3, 0.4) is 0 Å². The highest BCUT2D eigenvalue weighted by Gasteiger charge is 2.26. The van der Waals surface area contributed by atoms with E-state index >= 15 is 0 Å². The second-order valence-electron chi connectivity index (χ2n) is 2.22. The summed E-state index contributed by atoms with van der Waals surface area (Å²) in [5.74, 6) is -0.615. The quantitative estimate of drug-likeness (QED) is 0.587. The molecule has 0 aliphatic rings. The molecule has 1 aromatic heterocycles. The van der Waals surface area contributed by atoms with Gasteiger partial charge in [0, 0.05) is 0 Å². The zero-order valence-corrected chi connectivity index (χ0v) is 9.91. The maximum atomic E-state index is 13.2. The van der Waals surface area contributed by atoms with E-state index in [9.17, 15) is 4.39 Å². The highest BCUT2D eigenvalue weighted by Crippen LogP contribution is 2.38. The number of rotatable bonds is 1. The Labute approximate surface area is 90.8 Å². The predicted octanol–water partition coefficient (Wildman–Crippen LogP) is 3.23.